The zero-order valence-corrected chi connectivity index (χ0v) is 13.3. The van der Waals surface area contributed by atoms with E-state index in [0.717, 1.165) is 43.7 Å². The average Bonchev–Trinajstić information content (AvgIpc) is 2.44. The summed E-state index contributed by atoms with van der Waals surface area (Å²) in [5.74, 6) is 1.15. The molecule has 0 aromatic carbocycles. The quantitative estimate of drug-likeness (QED) is 0.891. The molecule has 1 fully saturated rings. The Balaban J connectivity index is 2.03. The molecule has 20 heavy (non-hydrogen) atoms. The first-order valence-corrected chi connectivity index (χ1v) is 7.69. The van der Waals surface area contributed by atoms with Crippen LogP contribution in [0.2, 0.25) is 0 Å². The Kier molecular flexibility index (Phi) is 5.38. The first kappa shape index (κ1) is 15.3. The van der Waals surface area contributed by atoms with Gasteiger partial charge in [0.1, 0.15) is 5.82 Å². The van der Waals surface area contributed by atoms with Crippen LogP contribution in [-0.2, 0) is 6.54 Å². The van der Waals surface area contributed by atoms with Crippen molar-refractivity contribution >= 4 is 5.82 Å². The molecule has 4 nitrogen and oxygen atoms in total. The van der Waals surface area contributed by atoms with Crippen molar-refractivity contribution in [2.24, 2.45) is 0 Å². The summed E-state index contributed by atoms with van der Waals surface area (Å²) in [6.45, 7) is 8.39. The van der Waals surface area contributed by atoms with E-state index in [0.29, 0.717) is 0 Å². The van der Waals surface area contributed by atoms with Crippen LogP contribution in [0.4, 0.5) is 5.82 Å². The van der Waals surface area contributed by atoms with E-state index in [2.05, 4.69) is 55.2 Å². The standard InChI is InChI=1S/C16H28N4/c1-5-17-12-14-10-13(2)18-16(11-14)20-8-6-15(7-9-20)19(3)4/h10-11,15,17H,5-9,12H2,1-4H3. The summed E-state index contributed by atoms with van der Waals surface area (Å²) in [5, 5.41) is 3.39. The van der Waals surface area contributed by atoms with Gasteiger partial charge in [-0.05, 0) is 58.1 Å². The maximum atomic E-state index is 4.72. The van der Waals surface area contributed by atoms with E-state index in [1.54, 1.807) is 0 Å². The van der Waals surface area contributed by atoms with Crippen molar-refractivity contribution in [1.82, 2.24) is 15.2 Å². The number of rotatable bonds is 5. The fraction of sp³-hybridized carbons (Fsp3) is 0.688. The fourth-order valence-corrected chi connectivity index (χ4v) is 2.87. The molecule has 1 aromatic heterocycles. The van der Waals surface area contributed by atoms with Crippen molar-refractivity contribution in [3.05, 3.63) is 23.4 Å². The van der Waals surface area contributed by atoms with Gasteiger partial charge in [0, 0.05) is 31.4 Å². The molecular weight excluding hydrogens is 248 g/mol. The molecule has 1 aliphatic heterocycles. The molecule has 1 aliphatic rings. The highest BCUT2D eigenvalue weighted by molar-refractivity contribution is 5.43. The predicted molar refractivity (Wildman–Crippen MR) is 85.3 cm³/mol. The summed E-state index contributed by atoms with van der Waals surface area (Å²) < 4.78 is 0. The minimum Gasteiger partial charge on any atom is -0.356 e. The van der Waals surface area contributed by atoms with Crippen molar-refractivity contribution in [2.75, 3.05) is 38.6 Å². The third kappa shape index (κ3) is 3.93. The molecule has 0 spiro atoms. The average molecular weight is 276 g/mol. The van der Waals surface area contributed by atoms with Gasteiger partial charge in [-0.3, -0.25) is 0 Å². The fourth-order valence-electron chi connectivity index (χ4n) is 2.87. The van der Waals surface area contributed by atoms with Gasteiger partial charge in [0.15, 0.2) is 0 Å². The van der Waals surface area contributed by atoms with Gasteiger partial charge in [0.05, 0.1) is 0 Å². The van der Waals surface area contributed by atoms with E-state index in [-0.39, 0.29) is 0 Å². The minimum atomic E-state index is 0.720. The Hall–Kier alpha value is -1.13. The van der Waals surface area contributed by atoms with Crippen LogP contribution in [0.5, 0.6) is 0 Å². The van der Waals surface area contributed by atoms with Crippen LogP contribution in [0.3, 0.4) is 0 Å². The van der Waals surface area contributed by atoms with E-state index in [1.807, 2.05) is 0 Å². The highest BCUT2D eigenvalue weighted by Gasteiger charge is 2.21. The zero-order chi connectivity index (χ0) is 14.5. The third-order valence-electron chi connectivity index (χ3n) is 4.10. The minimum absolute atomic E-state index is 0.720. The normalized spacial score (nSPS) is 16.9. The highest BCUT2D eigenvalue weighted by atomic mass is 15.2. The molecule has 1 saturated heterocycles. The second-order valence-corrected chi connectivity index (χ2v) is 5.94. The number of aryl methyl sites for hydroxylation is 1. The van der Waals surface area contributed by atoms with E-state index in [4.69, 9.17) is 4.98 Å². The summed E-state index contributed by atoms with van der Waals surface area (Å²) in [5.41, 5.74) is 2.45. The Labute approximate surface area is 123 Å². The van der Waals surface area contributed by atoms with Crippen molar-refractivity contribution in [2.45, 2.75) is 39.3 Å². The molecule has 1 N–H and O–H groups in total. The van der Waals surface area contributed by atoms with Crippen molar-refractivity contribution in [1.29, 1.82) is 0 Å². The maximum absolute atomic E-state index is 4.72. The SMILES string of the molecule is CCNCc1cc(C)nc(N2CCC(N(C)C)CC2)c1. The van der Waals surface area contributed by atoms with E-state index >= 15 is 0 Å². The summed E-state index contributed by atoms with van der Waals surface area (Å²) in [6, 6.07) is 5.14. The van der Waals surface area contributed by atoms with Crippen molar-refractivity contribution in [3.8, 4) is 0 Å². The number of pyridine rings is 1. The van der Waals surface area contributed by atoms with Crippen LogP contribution in [-0.4, -0.2) is 49.7 Å². The number of piperidine rings is 1. The third-order valence-corrected chi connectivity index (χ3v) is 4.10. The molecule has 2 rings (SSSR count). The molecule has 0 saturated carbocycles. The zero-order valence-electron chi connectivity index (χ0n) is 13.3. The molecule has 4 heteroatoms. The molecule has 0 bridgehead atoms. The van der Waals surface area contributed by atoms with Crippen LogP contribution in [0, 0.1) is 6.92 Å². The topological polar surface area (TPSA) is 31.4 Å². The lowest BCUT2D eigenvalue weighted by Crippen LogP contribution is -2.42. The largest absolute Gasteiger partial charge is 0.356 e. The highest BCUT2D eigenvalue weighted by Crippen LogP contribution is 2.21. The Bertz CT molecular complexity index is 422. The van der Waals surface area contributed by atoms with Crippen LogP contribution in [0.25, 0.3) is 0 Å². The smallest absolute Gasteiger partial charge is 0.129 e. The van der Waals surface area contributed by atoms with Gasteiger partial charge in [-0.2, -0.15) is 0 Å². The van der Waals surface area contributed by atoms with Gasteiger partial charge < -0.3 is 15.1 Å². The molecule has 0 unspecified atom stereocenters. The van der Waals surface area contributed by atoms with Crippen LogP contribution in [0.1, 0.15) is 31.0 Å². The van der Waals surface area contributed by atoms with E-state index < -0.39 is 0 Å². The maximum Gasteiger partial charge on any atom is 0.129 e. The number of nitrogens with one attached hydrogen (secondary N) is 1. The van der Waals surface area contributed by atoms with Crippen LogP contribution >= 0.6 is 0 Å². The van der Waals surface area contributed by atoms with E-state index in [9.17, 15) is 0 Å². The Morgan fingerprint density at radius 2 is 2.00 bits per heavy atom. The number of aromatic nitrogens is 1. The second-order valence-electron chi connectivity index (χ2n) is 5.94. The van der Waals surface area contributed by atoms with Gasteiger partial charge in [-0.1, -0.05) is 6.92 Å². The van der Waals surface area contributed by atoms with Gasteiger partial charge in [0.2, 0.25) is 0 Å². The molecule has 1 aromatic rings. The lowest BCUT2D eigenvalue weighted by Gasteiger charge is -2.36. The molecule has 0 aliphatic carbocycles. The van der Waals surface area contributed by atoms with Crippen LogP contribution in [0.15, 0.2) is 12.1 Å². The summed E-state index contributed by atoms with van der Waals surface area (Å²) >= 11 is 0. The molecule has 0 radical (unpaired) electrons. The van der Waals surface area contributed by atoms with E-state index in [1.165, 1.54) is 18.4 Å². The first-order valence-electron chi connectivity index (χ1n) is 7.69. The van der Waals surface area contributed by atoms with Gasteiger partial charge in [-0.15, -0.1) is 0 Å². The molecule has 0 atom stereocenters. The number of nitrogens with zero attached hydrogens (tertiary/aromatic N) is 3. The Morgan fingerprint density at radius 1 is 1.30 bits per heavy atom. The molecule has 2 heterocycles. The summed E-state index contributed by atoms with van der Waals surface area (Å²) in [4.78, 5) is 9.50. The number of anilines is 1. The predicted octanol–water partition coefficient (Wildman–Crippen LogP) is 2.03. The van der Waals surface area contributed by atoms with Crippen molar-refractivity contribution < 1.29 is 0 Å². The molecule has 0 amide bonds. The number of hydrogen-bond donors (Lipinski definition) is 1. The second kappa shape index (κ2) is 7.04. The number of hydrogen-bond acceptors (Lipinski definition) is 4. The first-order chi connectivity index (χ1) is 9.60. The molecular formula is C16H28N4. The van der Waals surface area contributed by atoms with Crippen molar-refractivity contribution in [3.63, 3.8) is 0 Å². The molecule has 112 valence electrons. The monoisotopic (exact) mass is 276 g/mol. The Morgan fingerprint density at radius 3 is 2.60 bits per heavy atom. The summed E-state index contributed by atoms with van der Waals surface area (Å²) in [6.07, 6.45) is 2.45. The van der Waals surface area contributed by atoms with Gasteiger partial charge in [0.25, 0.3) is 0 Å². The lowest BCUT2D eigenvalue weighted by molar-refractivity contribution is 0.249. The van der Waals surface area contributed by atoms with Gasteiger partial charge in [-0.25, -0.2) is 4.98 Å². The van der Waals surface area contributed by atoms with Crippen LogP contribution < -0.4 is 10.2 Å². The lowest BCUT2D eigenvalue weighted by atomic mass is 10.0. The van der Waals surface area contributed by atoms with Gasteiger partial charge >= 0.3 is 0 Å². The summed E-state index contributed by atoms with van der Waals surface area (Å²) in [7, 11) is 4.36.